The zero-order valence-corrected chi connectivity index (χ0v) is 19.4. The second-order valence-electron chi connectivity index (χ2n) is 8.82. The van der Waals surface area contributed by atoms with Crippen molar-refractivity contribution in [3.05, 3.63) is 29.8 Å². The highest BCUT2D eigenvalue weighted by molar-refractivity contribution is 7.99. The highest BCUT2D eigenvalue weighted by Gasteiger charge is 2.40. The van der Waals surface area contributed by atoms with Gasteiger partial charge < -0.3 is 10.2 Å². The van der Waals surface area contributed by atoms with Crippen molar-refractivity contribution in [2.75, 3.05) is 24.7 Å². The third-order valence-electron chi connectivity index (χ3n) is 5.28. The van der Waals surface area contributed by atoms with Crippen molar-refractivity contribution in [1.82, 2.24) is 14.5 Å². The Hall–Kier alpha value is -1.72. The Morgan fingerprint density at radius 1 is 1.16 bits per heavy atom. The van der Waals surface area contributed by atoms with Crippen LogP contribution in [0.25, 0.3) is 0 Å². The highest BCUT2D eigenvalue weighted by atomic mass is 32.2. The van der Waals surface area contributed by atoms with Crippen LogP contribution in [0.3, 0.4) is 0 Å². The van der Waals surface area contributed by atoms with E-state index in [4.69, 9.17) is 0 Å². The van der Waals surface area contributed by atoms with Gasteiger partial charge in [0.1, 0.15) is 22.6 Å². The van der Waals surface area contributed by atoms with Crippen molar-refractivity contribution in [2.45, 2.75) is 50.1 Å². The lowest BCUT2D eigenvalue weighted by Crippen LogP contribution is -2.54. The fraction of sp³-hybridized carbons (Fsp3) is 0.600. The Morgan fingerprint density at radius 3 is 2.42 bits per heavy atom. The number of benzene rings is 1. The van der Waals surface area contributed by atoms with E-state index < -0.39 is 44.1 Å². The zero-order chi connectivity index (χ0) is 23.0. The van der Waals surface area contributed by atoms with Gasteiger partial charge in [-0.1, -0.05) is 0 Å². The maximum Gasteiger partial charge on any atom is 0.246 e. The average molecular weight is 476 g/mol. The number of piperidine rings is 1. The van der Waals surface area contributed by atoms with Gasteiger partial charge in [-0.25, -0.2) is 17.2 Å². The molecule has 2 amide bonds. The number of rotatable bonds is 4. The number of hydrogen-bond donors (Lipinski definition) is 1. The predicted molar refractivity (Wildman–Crippen MR) is 114 cm³/mol. The standard InChI is InChI=1S/C20H27F2N3O4S2/c1-20(2,3)23-18(26)16-11-30-12-25(16)19(27)13-6-8-24(9-7-13)31(28,29)17-10-14(21)4-5-15(17)22/h4-5,10,13,16H,6-9,11-12H2,1-3H3,(H,23,26)/t16-/m1/s1. The number of nitrogens with one attached hydrogen (secondary N) is 1. The Bertz CT molecular complexity index is 958. The molecule has 0 radical (unpaired) electrons. The first-order valence-electron chi connectivity index (χ1n) is 10.1. The minimum atomic E-state index is -4.20. The first kappa shape index (κ1) is 23.9. The summed E-state index contributed by atoms with van der Waals surface area (Å²) in [6.07, 6.45) is 0.507. The molecule has 0 saturated carbocycles. The van der Waals surface area contributed by atoms with Crippen LogP contribution in [-0.4, -0.2) is 65.7 Å². The Morgan fingerprint density at radius 2 is 1.81 bits per heavy atom. The smallest absolute Gasteiger partial charge is 0.246 e. The SMILES string of the molecule is CC(C)(C)NC(=O)[C@H]1CSCN1C(=O)C1CCN(S(=O)(=O)c2cc(F)ccc2F)CC1. The summed E-state index contributed by atoms with van der Waals surface area (Å²) in [5, 5.41) is 2.90. The largest absolute Gasteiger partial charge is 0.350 e. The van der Waals surface area contributed by atoms with E-state index in [1.54, 1.807) is 4.90 Å². The minimum Gasteiger partial charge on any atom is -0.350 e. The van der Waals surface area contributed by atoms with Crippen molar-refractivity contribution < 1.29 is 26.8 Å². The Labute approximate surface area is 185 Å². The van der Waals surface area contributed by atoms with Gasteiger partial charge in [0.15, 0.2) is 0 Å². The topological polar surface area (TPSA) is 86.8 Å². The fourth-order valence-electron chi connectivity index (χ4n) is 3.72. The molecule has 7 nitrogen and oxygen atoms in total. The van der Waals surface area contributed by atoms with Gasteiger partial charge >= 0.3 is 0 Å². The van der Waals surface area contributed by atoms with Gasteiger partial charge in [-0.2, -0.15) is 4.31 Å². The third kappa shape index (κ3) is 5.38. The van der Waals surface area contributed by atoms with E-state index in [2.05, 4.69) is 5.32 Å². The Balaban J connectivity index is 1.65. The molecule has 0 spiro atoms. The van der Waals surface area contributed by atoms with Crippen molar-refractivity contribution in [3.8, 4) is 0 Å². The molecule has 3 rings (SSSR count). The molecule has 1 N–H and O–H groups in total. The number of amides is 2. The van der Waals surface area contributed by atoms with Crippen LogP contribution in [0.2, 0.25) is 0 Å². The maximum atomic E-state index is 14.0. The zero-order valence-electron chi connectivity index (χ0n) is 17.7. The van der Waals surface area contributed by atoms with Crippen LogP contribution in [-0.2, 0) is 19.6 Å². The molecule has 0 unspecified atom stereocenters. The van der Waals surface area contributed by atoms with Crippen molar-refractivity contribution in [2.24, 2.45) is 5.92 Å². The van der Waals surface area contributed by atoms with Crippen molar-refractivity contribution in [3.63, 3.8) is 0 Å². The second kappa shape index (κ2) is 9.03. The first-order valence-corrected chi connectivity index (χ1v) is 12.6. The molecule has 1 aromatic rings. The fourth-order valence-corrected chi connectivity index (χ4v) is 6.43. The van der Waals surface area contributed by atoms with Gasteiger partial charge in [0.25, 0.3) is 0 Å². The lowest BCUT2D eigenvalue weighted by molar-refractivity contribution is -0.142. The molecule has 0 aliphatic carbocycles. The molecule has 2 saturated heterocycles. The van der Waals surface area contributed by atoms with Crippen LogP contribution in [0.4, 0.5) is 8.78 Å². The van der Waals surface area contributed by atoms with E-state index in [0.717, 1.165) is 16.4 Å². The molecule has 172 valence electrons. The first-order chi connectivity index (χ1) is 14.4. The van der Waals surface area contributed by atoms with Crippen LogP contribution in [0.1, 0.15) is 33.6 Å². The second-order valence-corrected chi connectivity index (χ2v) is 11.7. The average Bonchev–Trinajstić information content (AvgIpc) is 3.18. The molecule has 1 aromatic carbocycles. The lowest BCUT2D eigenvalue weighted by Gasteiger charge is -2.34. The van der Waals surface area contributed by atoms with Crippen LogP contribution < -0.4 is 5.32 Å². The van der Waals surface area contributed by atoms with Gasteiger partial charge in [0, 0.05) is 30.3 Å². The lowest BCUT2D eigenvalue weighted by atomic mass is 9.96. The summed E-state index contributed by atoms with van der Waals surface area (Å²) in [5.41, 5.74) is -0.412. The predicted octanol–water partition coefficient (Wildman–Crippen LogP) is 2.18. The van der Waals surface area contributed by atoms with Crippen LogP contribution in [0.15, 0.2) is 23.1 Å². The monoisotopic (exact) mass is 475 g/mol. The number of thioether (sulfide) groups is 1. The van der Waals surface area contributed by atoms with Crippen LogP contribution >= 0.6 is 11.8 Å². The van der Waals surface area contributed by atoms with E-state index in [0.29, 0.717) is 17.7 Å². The molecule has 2 heterocycles. The molecule has 31 heavy (non-hydrogen) atoms. The van der Waals surface area contributed by atoms with Gasteiger partial charge in [0.2, 0.25) is 21.8 Å². The summed E-state index contributed by atoms with van der Waals surface area (Å²) in [7, 11) is -4.20. The van der Waals surface area contributed by atoms with E-state index in [9.17, 15) is 26.8 Å². The molecule has 2 aliphatic heterocycles. The van der Waals surface area contributed by atoms with E-state index in [1.165, 1.54) is 11.8 Å². The minimum absolute atomic E-state index is 0.0224. The Kier molecular flexibility index (Phi) is 6.97. The summed E-state index contributed by atoms with van der Waals surface area (Å²) in [6, 6.07) is 1.76. The third-order valence-corrected chi connectivity index (χ3v) is 8.21. The summed E-state index contributed by atoms with van der Waals surface area (Å²) in [4.78, 5) is 26.5. The summed E-state index contributed by atoms with van der Waals surface area (Å²) >= 11 is 1.50. The summed E-state index contributed by atoms with van der Waals surface area (Å²) in [6.45, 7) is 5.66. The van der Waals surface area contributed by atoms with Crippen LogP contribution in [0.5, 0.6) is 0 Å². The molecule has 11 heteroatoms. The number of hydrogen-bond acceptors (Lipinski definition) is 5. The molecular weight excluding hydrogens is 448 g/mol. The number of carbonyl (C=O) groups is 2. The molecular formula is C20H27F2N3O4S2. The molecule has 2 aliphatic rings. The van der Waals surface area contributed by atoms with Gasteiger partial charge in [-0.15, -0.1) is 11.8 Å². The van der Waals surface area contributed by atoms with E-state index in [1.807, 2.05) is 20.8 Å². The summed E-state index contributed by atoms with van der Waals surface area (Å²) in [5.74, 6) is -1.72. The van der Waals surface area contributed by atoms with Gasteiger partial charge in [0.05, 0.1) is 5.88 Å². The van der Waals surface area contributed by atoms with Gasteiger partial charge in [-0.3, -0.25) is 9.59 Å². The quantitative estimate of drug-likeness (QED) is 0.722. The van der Waals surface area contributed by atoms with Gasteiger partial charge in [-0.05, 0) is 51.8 Å². The molecule has 0 bridgehead atoms. The normalized spacial score (nSPS) is 21.3. The maximum absolute atomic E-state index is 14.0. The van der Waals surface area contributed by atoms with Crippen LogP contribution in [0, 0.1) is 17.6 Å². The number of halogens is 2. The number of carbonyl (C=O) groups excluding carboxylic acids is 2. The molecule has 1 atom stereocenters. The van der Waals surface area contributed by atoms with E-state index >= 15 is 0 Å². The molecule has 2 fully saturated rings. The number of sulfonamides is 1. The van der Waals surface area contributed by atoms with Crippen molar-refractivity contribution >= 4 is 33.6 Å². The van der Waals surface area contributed by atoms with E-state index in [-0.39, 0.29) is 37.7 Å². The highest BCUT2D eigenvalue weighted by Crippen LogP contribution is 2.30. The molecule has 0 aromatic heterocycles. The van der Waals surface area contributed by atoms with Crippen molar-refractivity contribution in [1.29, 1.82) is 0 Å². The summed E-state index contributed by atoms with van der Waals surface area (Å²) < 4.78 is 54.0. The number of nitrogens with zero attached hydrogens (tertiary/aromatic N) is 2.